The van der Waals surface area contributed by atoms with Gasteiger partial charge in [-0.15, -0.1) is 0 Å². The average Bonchev–Trinajstić information content (AvgIpc) is 3.39. The zero-order valence-corrected chi connectivity index (χ0v) is 47.6. The van der Waals surface area contributed by atoms with Crippen LogP contribution in [0.15, 0.2) is 109 Å². The molecule has 0 bridgehead atoms. The molecule has 0 saturated heterocycles. The summed E-state index contributed by atoms with van der Waals surface area (Å²) in [6.45, 7) is 6.37. The number of rotatable bonds is 54. The summed E-state index contributed by atoms with van der Waals surface area (Å²) in [5.41, 5.74) is 0. The van der Waals surface area contributed by atoms with Crippen molar-refractivity contribution in [3.63, 3.8) is 0 Å². The van der Waals surface area contributed by atoms with Crippen molar-refractivity contribution in [2.75, 3.05) is 13.2 Å². The third-order valence-corrected chi connectivity index (χ3v) is 12.7. The zero-order chi connectivity index (χ0) is 52.9. The second-order valence-corrected chi connectivity index (χ2v) is 19.8. The Labute approximate surface area is 450 Å². The van der Waals surface area contributed by atoms with Crippen LogP contribution in [-0.2, 0) is 28.6 Å². The van der Waals surface area contributed by atoms with E-state index in [9.17, 15) is 14.4 Å². The monoisotopic (exact) mass is 1010 g/mol. The maximum absolute atomic E-state index is 12.9. The summed E-state index contributed by atoms with van der Waals surface area (Å²) in [7, 11) is 0. The van der Waals surface area contributed by atoms with Gasteiger partial charge in [0.2, 0.25) is 0 Å². The van der Waals surface area contributed by atoms with Gasteiger partial charge in [-0.2, -0.15) is 0 Å². The molecule has 0 N–H and O–H groups in total. The van der Waals surface area contributed by atoms with E-state index in [-0.39, 0.29) is 31.1 Å². The Morgan fingerprint density at radius 2 is 0.534 bits per heavy atom. The second kappa shape index (κ2) is 60.6. The molecule has 0 spiro atoms. The largest absolute Gasteiger partial charge is 0.462 e. The van der Waals surface area contributed by atoms with Gasteiger partial charge in [-0.1, -0.05) is 246 Å². The van der Waals surface area contributed by atoms with Crippen LogP contribution in [0.2, 0.25) is 0 Å². The smallest absolute Gasteiger partial charge is 0.306 e. The average molecular weight is 1010 g/mol. The summed E-state index contributed by atoms with van der Waals surface area (Å²) in [4.78, 5) is 38.2. The first-order valence-corrected chi connectivity index (χ1v) is 30.4. The molecule has 1 unspecified atom stereocenters. The van der Waals surface area contributed by atoms with Gasteiger partial charge in [-0.25, -0.2) is 0 Å². The lowest BCUT2D eigenvalue weighted by molar-refractivity contribution is -0.167. The lowest BCUT2D eigenvalue weighted by Gasteiger charge is -2.18. The molecule has 0 aromatic heterocycles. The predicted molar refractivity (Wildman–Crippen MR) is 316 cm³/mol. The minimum absolute atomic E-state index is 0.0922. The molecular weight excluding hydrogens is 901 g/mol. The van der Waals surface area contributed by atoms with Crippen LogP contribution in [0.25, 0.3) is 0 Å². The van der Waals surface area contributed by atoms with Crippen molar-refractivity contribution in [2.24, 2.45) is 0 Å². The molecule has 0 aliphatic heterocycles. The van der Waals surface area contributed by atoms with Crippen molar-refractivity contribution in [2.45, 2.75) is 284 Å². The Balaban J connectivity index is 4.34. The molecule has 0 fully saturated rings. The number of carbonyl (C=O) groups is 3. The highest BCUT2D eigenvalue weighted by molar-refractivity contribution is 5.71. The van der Waals surface area contributed by atoms with Gasteiger partial charge < -0.3 is 14.2 Å². The van der Waals surface area contributed by atoms with Crippen LogP contribution < -0.4 is 0 Å². The van der Waals surface area contributed by atoms with Crippen molar-refractivity contribution in [1.29, 1.82) is 0 Å². The van der Waals surface area contributed by atoms with Gasteiger partial charge in [0.05, 0.1) is 0 Å². The summed E-state index contributed by atoms with van der Waals surface area (Å²) < 4.78 is 16.9. The number of unbranched alkanes of at least 4 members (excludes halogenated alkanes) is 25. The van der Waals surface area contributed by atoms with E-state index in [2.05, 4.69) is 130 Å². The van der Waals surface area contributed by atoms with Crippen LogP contribution in [0.1, 0.15) is 278 Å². The molecule has 0 heterocycles. The van der Waals surface area contributed by atoms with Gasteiger partial charge in [0, 0.05) is 19.3 Å². The molecule has 0 saturated carbocycles. The van der Waals surface area contributed by atoms with Gasteiger partial charge in [0.15, 0.2) is 6.10 Å². The van der Waals surface area contributed by atoms with Crippen molar-refractivity contribution >= 4 is 17.9 Å². The lowest BCUT2D eigenvalue weighted by atomic mass is 10.0. The summed E-state index contributed by atoms with van der Waals surface area (Å²) in [5, 5.41) is 0. The fraction of sp³-hybridized carbons (Fsp3) is 0.687. The van der Waals surface area contributed by atoms with E-state index in [0.717, 1.165) is 122 Å². The van der Waals surface area contributed by atoms with Crippen LogP contribution in [-0.4, -0.2) is 37.2 Å². The molecule has 0 aromatic rings. The standard InChI is InChI=1S/C67H112O6/c1-4-7-10-13-16-19-22-25-27-29-30-31-32-33-34-35-36-38-39-42-45-48-51-54-57-60-66(69)72-63-64(62-71-65(68)59-56-53-50-47-44-41-24-21-18-15-12-9-6-3)73-67(70)61-58-55-52-49-46-43-40-37-28-26-23-20-17-14-11-8-5-2/h7,9-10,12,16-21,25-28,30-31,41,44,64H,4-6,8,11,13-15,22-24,29,32-40,42-43,45-63H2,1-3H3/b10-7-,12-9-,19-16-,20-17-,21-18-,27-25-,28-26-,31-30-,44-41-. The molecular formula is C67H112O6. The number of carbonyl (C=O) groups excluding carboxylic acids is 3. The topological polar surface area (TPSA) is 78.9 Å². The predicted octanol–water partition coefficient (Wildman–Crippen LogP) is 20.7. The highest BCUT2D eigenvalue weighted by atomic mass is 16.6. The highest BCUT2D eigenvalue weighted by Gasteiger charge is 2.19. The second-order valence-electron chi connectivity index (χ2n) is 19.8. The molecule has 0 rings (SSSR count). The number of hydrogen-bond acceptors (Lipinski definition) is 6. The van der Waals surface area contributed by atoms with Crippen LogP contribution in [0.3, 0.4) is 0 Å². The van der Waals surface area contributed by atoms with E-state index in [0.29, 0.717) is 19.3 Å². The highest BCUT2D eigenvalue weighted by Crippen LogP contribution is 2.15. The van der Waals surface area contributed by atoms with E-state index in [1.165, 1.54) is 116 Å². The Morgan fingerprint density at radius 1 is 0.288 bits per heavy atom. The molecule has 416 valence electrons. The van der Waals surface area contributed by atoms with Gasteiger partial charge >= 0.3 is 17.9 Å². The number of esters is 3. The maximum Gasteiger partial charge on any atom is 0.306 e. The minimum Gasteiger partial charge on any atom is -0.462 e. The van der Waals surface area contributed by atoms with Crippen molar-refractivity contribution < 1.29 is 28.6 Å². The summed E-state index contributed by atoms with van der Waals surface area (Å²) in [6.07, 6.45) is 82.3. The van der Waals surface area contributed by atoms with E-state index >= 15 is 0 Å². The zero-order valence-electron chi connectivity index (χ0n) is 47.6. The van der Waals surface area contributed by atoms with Gasteiger partial charge in [0.1, 0.15) is 13.2 Å². The first-order chi connectivity index (χ1) is 36.0. The van der Waals surface area contributed by atoms with E-state index in [1.807, 2.05) is 0 Å². The van der Waals surface area contributed by atoms with Gasteiger partial charge in [-0.05, 0) is 122 Å². The Kier molecular flexibility index (Phi) is 57.4. The van der Waals surface area contributed by atoms with E-state index in [4.69, 9.17) is 14.2 Å². The van der Waals surface area contributed by atoms with Gasteiger partial charge in [-0.3, -0.25) is 14.4 Å². The first-order valence-electron chi connectivity index (χ1n) is 30.4. The molecule has 0 aromatic carbocycles. The molecule has 0 aliphatic rings. The van der Waals surface area contributed by atoms with Crippen LogP contribution in [0.4, 0.5) is 0 Å². The quantitative estimate of drug-likeness (QED) is 0.0261. The summed E-state index contributed by atoms with van der Waals surface area (Å²) in [5.74, 6) is -0.929. The summed E-state index contributed by atoms with van der Waals surface area (Å²) in [6, 6.07) is 0. The fourth-order valence-corrected chi connectivity index (χ4v) is 8.24. The van der Waals surface area contributed by atoms with Crippen molar-refractivity contribution in [3.8, 4) is 0 Å². The Morgan fingerprint density at radius 3 is 0.849 bits per heavy atom. The molecule has 73 heavy (non-hydrogen) atoms. The van der Waals surface area contributed by atoms with Crippen LogP contribution in [0, 0.1) is 0 Å². The number of hydrogen-bond donors (Lipinski definition) is 0. The molecule has 0 amide bonds. The molecule has 6 nitrogen and oxygen atoms in total. The van der Waals surface area contributed by atoms with Gasteiger partial charge in [0.25, 0.3) is 0 Å². The first kappa shape index (κ1) is 69.1. The van der Waals surface area contributed by atoms with Crippen molar-refractivity contribution in [1.82, 2.24) is 0 Å². The van der Waals surface area contributed by atoms with E-state index < -0.39 is 6.10 Å². The Hall–Kier alpha value is -3.93. The summed E-state index contributed by atoms with van der Waals surface area (Å²) >= 11 is 0. The molecule has 0 aliphatic carbocycles. The van der Waals surface area contributed by atoms with Crippen molar-refractivity contribution in [3.05, 3.63) is 109 Å². The molecule has 6 heteroatoms. The fourth-order valence-electron chi connectivity index (χ4n) is 8.24. The van der Waals surface area contributed by atoms with E-state index in [1.54, 1.807) is 0 Å². The van der Waals surface area contributed by atoms with Crippen LogP contribution >= 0.6 is 0 Å². The molecule has 1 atom stereocenters. The van der Waals surface area contributed by atoms with Crippen LogP contribution in [0.5, 0.6) is 0 Å². The maximum atomic E-state index is 12.9. The normalized spacial score (nSPS) is 12.9. The minimum atomic E-state index is -0.797. The Bertz CT molecular complexity index is 1490. The SMILES string of the molecule is CC/C=C\C/C=C\C/C=C\C/C=C\CCCCCCCCCCCCCCC(=O)OCC(COC(=O)CCCCC/C=C\C/C=C\C/C=C\CC)OC(=O)CCCCCCCCC/C=C\C/C=C\CCCCC. The molecule has 0 radical (unpaired) electrons. The number of ether oxygens (including phenoxy) is 3. The third kappa shape index (κ3) is 58.8. The third-order valence-electron chi connectivity index (χ3n) is 12.7. The number of allylic oxidation sites excluding steroid dienone is 18. The lowest BCUT2D eigenvalue weighted by Crippen LogP contribution is -2.30.